The molecule has 1 N–H and O–H groups in total. The van der Waals surface area contributed by atoms with Crippen molar-refractivity contribution in [3.05, 3.63) is 11.9 Å². The van der Waals surface area contributed by atoms with E-state index < -0.39 is 0 Å². The molecule has 0 aliphatic carbocycles. The number of Topliss-reactive ketones (excluding diaryl/α,β-unsaturated/α-hetero) is 1. The first-order valence-corrected chi connectivity index (χ1v) is 7.90. The Bertz CT molecular complexity index is 476. The normalized spacial score (nSPS) is 20.5. The van der Waals surface area contributed by atoms with E-state index in [1.807, 2.05) is 13.8 Å². The van der Waals surface area contributed by atoms with Crippen LogP contribution in [0.1, 0.15) is 56.6 Å². The summed E-state index contributed by atoms with van der Waals surface area (Å²) in [6, 6.07) is 0.152. The van der Waals surface area contributed by atoms with Crippen molar-refractivity contribution in [2.24, 2.45) is 11.8 Å². The molecule has 0 bridgehead atoms. The van der Waals surface area contributed by atoms with E-state index in [4.69, 9.17) is 4.74 Å². The second-order valence-corrected chi connectivity index (χ2v) is 6.31. The zero-order chi connectivity index (χ0) is 15.4. The number of aromatic nitrogens is 2. The van der Waals surface area contributed by atoms with Crippen LogP contribution >= 0.6 is 0 Å². The molecule has 1 aromatic rings. The van der Waals surface area contributed by atoms with Crippen LogP contribution < -0.4 is 10.1 Å². The van der Waals surface area contributed by atoms with E-state index in [9.17, 15) is 4.79 Å². The monoisotopic (exact) mass is 293 g/mol. The Labute approximate surface area is 127 Å². The van der Waals surface area contributed by atoms with Crippen LogP contribution in [0.4, 0.5) is 0 Å². The molecule has 2 unspecified atom stereocenters. The Morgan fingerprint density at radius 2 is 2.29 bits per heavy atom. The van der Waals surface area contributed by atoms with Crippen molar-refractivity contribution in [1.29, 1.82) is 0 Å². The first-order chi connectivity index (χ1) is 10.0. The Balaban J connectivity index is 2.10. The fourth-order valence-corrected chi connectivity index (χ4v) is 3.07. The molecule has 1 aromatic heterocycles. The maximum atomic E-state index is 12.7. The van der Waals surface area contributed by atoms with Gasteiger partial charge in [-0.05, 0) is 51.6 Å². The van der Waals surface area contributed by atoms with Crippen molar-refractivity contribution in [1.82, 2.24) is 15.1 Å². The van der Waals surface area contributed by atoms with Gasteiger partial charge >= 0.3 is 0 Å². The highest BCUT2D eigenvalue weighted by Crippen LogP contribution is 2.28. The van der Waals surface area contributed by atoms with Gasteiger partial charge in [-0.15, -0.1) is 0 Å². The molecule has 2 atom stereocenters. The standard InChI is InChI=1S/C16H27N3O2/c1-11(2)19-16(15(21-4)10-18-19)14(20)8-12(3)13-6-5-7-17-9-13/h10-13,17H,5-9H2,1-4H3. The number of hydrogen-bond acceptors (Lipinski definition) is 4. The molecule has 1 fully saturated rings. The van der Waals surface area contributed by atoms with E-state index >= 15 is 0 Å². The molecule has 1 aliphatic heterocycles. The molecule has 5 heteroatoms. The number of methoxy groups -OCH3 is 1. The van der Waals surface area contributed by atoms with Crippen molar-refractivity contribution in [3.63, 3.8) is 0 Å². The zero-order valence-electron chi connectivity index (χ0n) is 13.6. The van der Waals surface area contributed by atoms with Crippen LogP contribution in [0.3, 0.4) is 0 Å². The maximum Gasteiger partial charge on any atom is 0.184 e. The van der Waals surface area contributed by atoms with E-state index in [0.717, 1.165) is 13.1 Å². The molecule has 0 saturated carbocycles. The van der Waals surface area contributed by atoms with Crippen LogP contribution in [-0.2, 0) is 0 Å². The molecular weight excluding hydrogens is 266 g/mol. The van der Waals surface area contributed by atoms with E-state index in [1.165, 1.54) is 12.8 Å². The zero-order valence-corrected chi connectivity index (χ0v) is 13.6. The van der Waals surface area contributed by atoms with Gasteiger partial charge in [0.25, 0.3) is 0 Å². The van der Waals surface area contributed by atoms with Crippen molar-refractivity contribution < 1.29 is 9.53 Å². The van der Waals surface area contributed by atoms with Crippen molar-refractivity contribution in [2.45, 2.75) is 46.1 Å². The first-order valence-electron chi connectivity index (χ1n) is 7.90. The number of rotatable bonds is 6. The summed E-state index contributed by atoms with van der Waals surface area (Å²) in [4.78, 5) is 12.7. The highest BCUT2D eigenvalue weighted by Gasteiger charge is 2.26. The largest absolute Gasteiger partial charge is 0.493 e. The topological polar surface area (TPSA) is 56.2 Å². The summed E-state index contributed by atoms with van der Waals surface area (Å²) in [7, 11) is 1.59. The van der Waals surface area contributed by atoms with Crippen LogP contribution in [-0.4, -0.2) is 35.8 Å². The third-order valence-corrected chi connectivity index (χ3v) is 4.38. The lowest BCUT2D eigenvalue weighted by atomic mass is 9.84. The molecule has 0 spiro atoms. The molecule has 0 aromatic carbocycles. The molecule has 0 amide bonds. The van der Waals surface area contributed by atoms with Crippen LogP contribution in [0, 0.1) is 11.8 Å². The molecule has 118 valence electrons. The maximum absolute atomic E-state index is 12.7. The molecular formula is C16H27N3O2. The number of hydrogen-bond donors (Lipinski definition) is 1. The quantitative estimate of drug-likeness (QED) is 0.819. The van der Waals surface area contributed by atoms with Gasteiger partial charge in [0.05, 0.1) is 13.3 Å². The second-order valence-electron chi connectivity index (χ2n) is 6.31. The Morgan fingerprint density at radius 3 is 2.86 bits per heavy atom. The average Bonchev–Trinajstić information content (AvgIpc) is 2.92. The first kappa shape index (κ1) is 16.0. The predicted octanol–water partition coefficient (Wildman–Crippen LogP) is 2.68. The van der Waals surface area contributed by atoms with Gasteiger partial charge in [0.1, 0.15) is 5.69 Å². The summed E-state index contributed by atoms with van der Waals surface area (Å²) < 4.78 is 7.08. The van der Waals surface area contributed by atoms with Gasteiger partial charge < -0.3 is 10.1 Å². The number of piperidine rings is 1. The second kappa shape index (κ2) is 7.07. The predicted molar refractivity (Wildman–Crippen MR) is 82.9 cm³/mol. The Hall–Kier alpha value is -1.36. The number of carbonyl (C=O) groups excluding carboxylic acids is 1. The van der Waals surface area contributed by atoms with Gasteiger partial charge in [0.15, 0.2) is 11.5 Å². The number of carbonyl (C=O) groups is 1. The fraction of sp³-hybridized carbons (Fsp3) is 0.750. The minimum absolute atomic E-state index is 0.135. The highest BCUT2D eigenvalue weighted by atomic mass is 16.5. The Morgan fingerprint density at radius 1 is 1.52 bits per heavy atom. The van der Waals surface area contributed by atoms with Crippen molar-refractivity contribution in [2.75, 3.05) is 20.2 Å². The third kappa shape index (κ3) is 3.64. The summed E-state index contributed by atoms with van der Waals surface area (Å²) in [5.41, 5.74) is 0.614. The average molecular weight is 293 g/mol. The molecule has 5 nitrogen and oxygen atoms in total. The third-order valence-electron chi connectivity index (χ3n) is 4.38. The van der Waals surface area contributed by atoms with E-state index in [1.54, 1.807) is 18.0 Å². The van der Waals surface area contributed by atoms with Crippen LogP contribution in [0.5, 0.6) is 5.75 Å². The SMILES string of the molecule is COc1cnn(C(C)C)c1C(=O)CC(C)C1CCCNC1. The highest BCUT2D eigenvalue weighted by molar-refractivity contribution is 5.97. The molecule has 2 rings (SSSR count). The number of ketones is 1. The number of nitrogens with zero attached hydrogens (tertiary/aromatic N) is 2. The van der Waals surface area contributed by atoms with Gasteiger partial charge in [-0.3, -0.25) is 9.48 Å². The lowest BCUT2D eigenvalue weighted by Gasteiger charge is -2.28. The molecule has 0 radical (unpaired) electrons. The van der Waals surface area contributed by atoms with Crippen LogP contribution in [0.15, 0.2) is 6.20 Å². The number of nitrogens with one attached hydrogen (secondary N) is 1. The van der Waals surface area contributed by atoms with Gasteiger partial charge in [-0.25, -0.2) is 0 Å². The molecule has 1 aliphatic rings. The molecule has 1 saturated heterocycles. The Kier molecular flexibility index (Phi) is 5.39. The minimum atomic E-state index is 0.135. The van der Waals surface area contributed by atoms with Crippen LogP contribution in [0.2, 0.25) is 0 Å². The van der Waals surface area contributed by atoms with E-state index in [-0.39, 0.29) is 11.8 Å². The fourth-order valence-electron chi connectivity index (χ4n) is 3.07. The van der Waals surface area contributed by atoms with Gasteiger partial charge in [0, 0.05) is 12.5 Å². The van der Waals surface area contributed by atoms with Gasteiger partial charge in [-0.2, -0.15) is 5.10 Å². The van der Waals surface area contributed by atoms with Gasteiger partial charge in [-0.1, -0.05) is 6.92 Å². The summed E-state index contributed by atoms with van der Waals surface area (Å²) in [6.07, 6.45) is 4.61. The van der Waals surface area contributed by atoms with Crippen molar-refractivity contribution in [3.8, 4) is 5.75 Å². The lowest BCUT2D eigenvalue weighted by molar-refractivity contribution is 0.0927. The van der Waals surface area contributed by atoms with E-state index in [2.05, 4.69) is 17.3 Å². The van der Waals surface area contributed by atoms with Crippen molar-refractivity contribution >= 4 is 5.78 Å². The summed E-state index contributed by atoms with van der Waals surface area (Å²) >= 11 is 0. The molecule has 21 heavy (non-hydrogen) atoms. The smallest absolute Gasteiger partial charge is 0.184 e. The minimum Gasteiger partial charge on any atom is -0.493 e. The summed E-state index contributed by atoms with van der Waals surface area (Å²) in [5, 5.41) is 7.71. The van der Waals surface area contributed by atoms with Crippen LogP contribution in [0.25, 0.3) is 0 Å². The summed E-state index contributed by atoms with van der Waals surface area (Å²) in [6.45, 7) is 8.35. The van der Waals surface area contributed by atoms with Gasteiger partial charge in [0.2, 0.25) is 0 Å². The number of ether oxygens (including phenoxy) is 1. The summed E-state index contributed by atoms with van der Waals surface area (Å²) in [5.74, 6) is 1.69. The molecule has 2 heterocycles. The van der Waals surface area contributed by atoms with E-state index in [0.29, 0.717) is 29.7 Å². The lowest BCUT2D eigenvalue weighted by Crippen LogP contribution is -2.34.